The molecule has 1 unspecified atom stereocenters. The lowest BCUT2D eigenvalue weighted by atomic mass is 9.97. The summed E-state index contributed by atoms with van der Waals surface area (Å²) in [5.41, 5.74) is 10.7. The molecule has 0 fully saturated rings. The number of aliphatic hydroxyl groups is 1. The monoisotopic (exact) mass is 488 g/mol. The summed E-state index contributed by atoms with van der Waals surface area (Å²) < 4.78 is 2.33. The van der Waals surface area contributed by atoms with Crippen molar-refractivity contribution < 1.29 is 5.11 Å². The van der Waals surface area contributed by atoms with E-state index >= 15 is 0 Å². The molecule has 5 rings (SSSR count). The van der Waals surface area contributed by atoms with Crippen LogP contribution in [0.15, 0.2) is 97.1 Å². The third kappa shape index (κ3) is 5.19. The molecule has 1 heterocycles. The van der Waals surface area contributed by atoms with Gasteiger partial charge in [-0.1, -0.05) is 98.3 Å². The minimum atomic E-state index is -0.563. The highest BCUT2D eigenvalue weighted by Crippen LogP contribution is 2.42. The summed E-state index contributed by atoms with van der Waals surface area (Å²) in [4.78, 5) is 0. The van der Waals surface area contributed by atoms with Gasteiger partial charge in [-0.25, -0.2) is 0 Å². The molecule has 3 heteroatoms. The zero-order valence-electron chi connectivity index (χ0n) is 22.2. The molecule has 0 radical (unpaired) electrons. The van der Waals surface area contributed by atoms with Crippen LogP contribution in [-0.2, 0) is 6.54 Å². The highest BCUT2D eigenvalue weighted by molar-refractivity contribution is 6.06. The normalized spacial score (nSPS) is 12.3. The molecule has 188 valence electrons. The molecular weight excluding hydrogens is 452 g/mol. The Labute approximate surface area is 220 Å². The van der Waals surface area contributed by atoms with Crippen molar-refractivity contribution in [3.8, 4) is 22.4 Å². The van der Waals surface area contributed by atoms with E-state index < -0.39 is 6.10 Å². The van der Waals surface area contributed by atoms with E-state index in [9.17, 15) is 5.11 Å². The van der Waals surface area contributed by atoms with Gasteiger partial charge in [0.05, 0.1) is 23.9 Å². The number of fused-ring (bicyclic) bond motifs is 1. The van der Waals surface area contributed by atoms with Crippen LogP contribution in [0.1, 0.15) is 36.5 Å². The zero-order chi connectivity index (χ0) is 25.9. The maximum absolute atomic E-state index is 11.3. The van der Waals surface area contributed by atoms with Crippen molar-refractivity contribution in [2.24, 2.45) is 0 Å². The lowest BCUT2D eigenvalue weighted by Crippen LogP contribution is -2.25. The number of aromatic nitrogens is 1. The van der Waals surface area contributed by atoms with E-state index in [-0.39, 0.29) is 0 Å². The number of hydrogen-bond donors (Lipinski definition) is 2. The van der Waals surface area contributed by atoms with Gasteiger partial charge in [0.15, 0.2) is 0 Å². The Kier molecular flexibility index (Phi) is 7.16. The highest BCUT2D eigenvalue weighted by atomic mass is 16.3. The van der Waals surface area contributed by atoms with Gasteiger partial charge in [0.25, 0.3) is 0 Å². The first-order valence-corrected chi connectivity index (χ1v) is 13.2. The third-order valence-electron chi connectivity index (χ3n) is 7.11. The fourth-order valence-electron chi connectivity index (χ4n) is 5.36. The number of aryl methyl sites for hydroxylation is 2. The topological polar surface area (TPSA) is 37.2 Å². The number of anilines is 1. The van der Waals surface area contributed by atoms with Crippen molar-refractivity contribution in [3.63, 3.8) is 0 Å². The van der Waals surface area contributed by atoms with Crippen molar-refractivity contribution in [1.29, 1.82) is 0 Å². The summed E-state index contributed by atoms with van der Waals surface area (Å²) in [6.45, 7) is 9.70. The number of benzene rings is 4. The molecule has 5 aromatic rings. The summed E-state index contributed by atoms with van der Waals surface area (Å²) in [5.74, 6) is 0.503. The summed E-state index contributed by atoms with van der Waals surface area (Å²) in [6.07, 6.45) is -0.563. The molecule has 37 heavy (non-hydrogen) atoms. The smallest absolute Gasteiger partial charge is 0.0891 e. The molecule has 1 atom stereocenters. The van der Waals surface area contributed by atoms with Crippen molar-refractivity contribution in [1.82, 2.24) is 4.57 Å². The van der Waals surface area contributed by atoms with Crippen LogP contribution in [0.3, 0.4) is 0 Å². The van der Waals surface area contributed by atoms with Crippen molar-refractivity contribution in [2.75, 3.05) is 11.9 Å². The van der Waals surface area contributed by atoms with Crippen molar-refractivity contribution in [2.45, 2.75) is 46.3 Å². The first kappa shape index (κ1) is 24.9. The van der Waals surface area contributed by atoms with E-state index in [2.05, 4.69) is 135 Å². The van der Waals surface area contributed by atoms with Crippen molar-refractivity contribution >= 4 is 16.6 Å². The van der Waals surface area contributed by atoms with Gasteiger partial charge in [0.1, 0.15) is 0 Å². The van der Waals surface area contributed by atoms with E-state index in [4.69, 9.17) is 0 Å². The average molecular weight is 489 g/mol. The highest BCUT2D eigenvalue weighted by Gasteiger charge is 2.23. The Bertz CT molecular complexity index is 1480. The Morgan fingerprint density at radius 3 is 2.03 bits per heavy atom. The van der Waals surface area contributed by atoms with Crippen LogP contribution in [0.2, 0.25) is 0 Å². The van der Waals surface area contributed by atoms with Gasteiger partial charge in [-0.05, 0) is 60.2 Å². The lowest BCUT2D eigenvalue weighted by Gasteiger charge is -2.19. The van der Waals surface area contributed by atoms with Gasteiger partial charge in [0, 0.05) is 23.2 Å². The first-order chi connectivity index (χ1) is 17.9. The molecule has 0 aliphatic heterocycles. The largest absolute Gasteiger partial charge is 0.389 e. The second-order valence-corrected chi connectivity index (χ2v) is 10.4. The third-order valence-corrected chi connectivity index (χ3v) is 7.11. The standard InChI is InChI=1S/C34H36N2O/c1-23(2)26-15-17-29(18-16-26)35-21-30(37)22-36-33-25(4)19-24(3)20-31(33)32(27-11-7-5-8-12-27)34(36)28-13-9-6-10-14-28/h5-20,23,30,35,37H,21-22H2,1-4H3. The number of aliphatic hydroxyl groups excluding tert-OH is 1. The second-order valence-electron chi connectivity index (χ2n) is 10.4. The van der Waals surface area contributed by atoms with E-state index in [0.29, 0.717) is 19.0 Å². The molecule has 0 bridgehead atoms. The lowest BCUT2D eigenvalue weighted by molar-refractivity contribution is 0.169. The second kappa shape index (κ2) is 10.7. The SMILES string of the molecule is Cc1cc(C)c2c(c1)c(-c1ccccc1)c(-c1ccccc1)n2CC(O)CNc1ccc(C(C)C)cc1. The van der Waals surface area contributed by atoms with Gasteiger partial charge < -0.3 is 15.0 Å². The Hall–Kier alpha value is -3.82. The molecule has 0 spiro atoms. The molecular formula is C34H36N2O. The van der Waals surface area contributed by atoms with Crippen molar-refractivity contribution in [3.05, 3.63) is 114 Å². The molecule has 0 saturated heterocycles. The Morgan fingerprint density at radius 1 is 0.784 bits per heavy atom. The molecule has 0 aliphatic rings. The number of nitrogens with one attached hydrogen (secondary N) is 1. The van der Waals surface area contributed by atoms with Crippen LogP contribution < -0.4 is 5.32 Å². The molecule has 0 amide bonds. The quantitative estimate of drug-likeness (QED) is 0.231. The summed E-state index contributed by atoms with van der Waals surface area (Å²) in [6, 6.07) is 34.2. The van der Waals surface area contributed by atoms with Crippen LogP contribution in [0.25, 0.3) is 33.3 Å². The van der Waals surface area contributed by atoms with E-state index in [1.165, 1.54) is 38.7 Å². The zero-order valence-corrected chi connectivity index (χ0v) is 22.2. The predicted octanol–water partition coefficient (Wildman–Crippen LogP) is 8.19. The molecule has 4 aromatic carbocycles. The maximum atomic E-state index is 11.3. The Morgan fingerprint density at radius 2 is 1.41 bits per heavy atom. The fourth-order valence-corrected chi connectivity index (χ4v) is 5.36. The van der Waals surface area contributed by atoms with E-state index in [0.717, 1.165) is 16.9 Å². The minimum absolute atomic E-state index is 0.473. The van der Waals surface area contributed by atoms with Gasteiger partial charge in [0.2, 0.25) is 0 Å². The van der Waals surface area contributed by atoms with Crippen LogP contribution in [0.5, 0.6) is 0 Å². The van der Waals surface area contributed by atoms with Crippen LogP contribution in [0.4, 0.5) is 5.69 Å². The van der Waals surface area contributed by atoms with Crippen LogP contribution >= 0.6 is 0 Å². The summed E-state index contributed by atoms with van der Waals surface area (Å²) >= 11 is 0. The average Bonchev–Trinajstić information content (AvgIpc) is 3.22. The van der Waals surface area contributed by atoms with E-state index in [1.807, 2.05) is 0 Å². The summed E-state index contributed by atoms with van der Waals surface area (Å²) in [7, 11) is 0. The molecule has 0 saturated carbocycles. The van der Waals surface area contributed by atoms with E-state index in [1.54, 1.807) is 0 Å². The van der Waals surface area contributed by atoms with Gasteiger partial charge in [-0.15, -0.1) is 0 Å². The molecule has 2 N–H and O–H groups in total. The maximum Gasteiger partial charge on any atom is 0.0891 e. The number of rotatable bonds is 8. The minimum Gasteiger partial charge on any atom is -0.389 e. The summed E-state index contributed by atoms with van der Waals surface area (Å²) in [5, 5.41) is 15.9. The fraction of sp³-hybridized carbons (Fsp3) is 0.235. The van der Waals surface area contributed by atoms with Gasteiger partial charge in [-0.3, -0.25) is 0 Å². The first-order valence-electron chi connectivity index (χ1n) is 13.2. The van der Waals surface area contributed by atoms with Crippen LogP contribution in [-0.4, -0.2) is 22.3 Å². The van der Waals surface area contributed by atoms with Gasteiger partial charge in [-0.2, -0.15) is 0 Å². The number of hydrogen-bond acceptors (Lipinski definition) is 2. The van der Waals surface area contributed by atoms with Gasteiger partial charge >= 0.3 is 0 Å². The Balaban J connectivity index is 1.57. The molecule has 0 aliphatic carbocycles. The molecule has 3 nitrogen and oxygen atoms in total. The van der Waals surface area contributed by atoms with Crippen LogP contribution in [0, 0.1) is 13.8 Å². The predicted molar refractivity (Wildman–Crippen MR) is 157 cm³/mol. The molecule has 1 aromatic heterocycles. The number of nitrogens with zero attached hydrogens (tertiary/aromatic N) is 1.